The molecule has 0 unspecified atom stereocenters. The molecule has 0 saturated heterocycles. The number of hydrogen-bond acceptors (Lipinski definition) is 5. The van der Waals surface area contributed by atoms with Gasteiger partial charge < -0.3 is 19.2 Å². The Hall–Kier alpha value is -3.02. The van der Waals surface area contributed by atoms with Gasteiger partial charge in [0.2, 0.25) is 0 Å². The maximum atomic E-state index is 11.3. The van der Waals surface area contributed by atoms with E-state index in [9.17, 15) is 4.79 Å². The zero-order valence-corrected chi connectivity index (χ0v) is 15.0. The first-order valence-corrected chi connectivity index (χ1v) is 8.62. The Morgan fingerprint density at radius 3 is 2.62 bits per heavy atom. The fraction of sp³-hybridized carbons (Fsp3) is 0.300. The summed E-state index contributed by atoms with van der Waals surface area (Å²) in [6, 6.07) is 13.4. The number of rotatable bonds is 8. The van der Waals surface area contributed by atoms with Gasteiger partial charge in [0.1, 0.15) is 17.3 Å². The molecule has 0 bridgehead atoms. The van der Waals surface area contributed by atoms with E-state index in [1.54, 1.807) is 14.0 Å². The van der Waals surface area contributed by atoms with Crippen LogP contribution in [0.15, 0.2) is 42.5 Å². The van der Waals surface area contributed by atoms with Crippen LogP contribution in [0.25, 0.3) is 22.4 Å². The molecule has 0 aliphatic carbocycles. The molecular formula is C20H22N2O4. The molecule has 0 radical (unpaired) electrons. The highest BCUT2D eigenvalue weighted by Gasteiger charge is 2.07. The lowest BCUT2D eigenvalue weighted by Crippen LogP contribution is -2.06. The predicted molar refractivity (Wildman–Crippen MR) is 99.4 cm³/mol. The van der Waals surface area contributed by atoms with E-state index < -0.39 is 0 Å². The fourth-order valence-electron chi connectivity index (χ4n) is 2.60. The predicted octanol–water partition coefficient (Wildman–Crippen LogP) is 3.96. The molecule has 6 nitrogen and oxygen atoms in total. The second-order valence-corrected chi connectivity index (χ2v) is 5.75. The Kier molecular flexibility index (Phi) is 5.73. The lowest BCUT2D eigenvalue weighted by atomic mass is 10.2. The van der Waals surface area contributed by atoms with E-state index in [0.29, 0.717) is 26.1 Å². The molecule has 0 aliphatic rings. The summed E-state index contributed by atoms with van der Waals surface area (Å²) in [5.41, 5.74) is 2.79. The van der Waals surface area contributed by atoms with Gasteiger partial charge in [0.15, 0.2) is 0 Å². The molecule has 26 heavy (non-hydrogen) atoms. The number of aromatic amines is 1. The summed E-state index contributed by atoms with van der Waals surface area (Å²) in [5.74, 6) is 2.16. The first-order valence-electron chi connectivity index (χ1n) is 8.62. The van der Waals surface area contributed by atoms with Crippen molar-refractivity contribution in [3.8, 4) is 22.9 Å². The van der Waals surface area contributed by atoms with Gasteiger partial charge in [-0.2, -0.15) is 0 Å². The minimum Gasteiger partial charge on any atom is -0.497 e. The number of nitrogens with zero attached hydrogens (tertiary/aromatic N) is 1. The van der Waals surface area contributed by atoms with E-state index in [2.05, 4.69) is 9.97 Å². The van der Waals surface area contributed by atoms with Gasteiger partial charge in [0.05, 0.1) is 31.4 Å². The third-order valence-electron chi connectivity index (χ3n) is 3.92. The molecule has 1 heterocycles. The summed E-state index contributed by atoms with van der Waals surface area (Å²) in [6.45, 7) is 2.69. The molecule has 0 amide bonds. The van der Waals surface area contributed by atoms with Gasteiger partial charge in [-0.15, -0.1) is 0 Å². The molecule has 2 aromatic carbocycles. The number of fused-ring (bicyclic) bond motifs is 1. The summed E-state index contributed by atoms with van der Waals surface area (Å²) in [7, 11) is 1.64. The Bertz CT molecular complexity index is 871. The van der Waals surface area contributed by atoms with Crippen molar-refractivity contribution in [3.63, 3.8) is 0 Å². The van der Waals surface area contributed by atoms with Crippen LogP contribution in [0.5, 0.6) is 11.5 Å². The highest BCUT2D eigenvalue weighted by atomic mass is 16.5. The maximum Gasteiger partial charge on any atom is 0.305 e. The first kappa shape index (κ1) is 17.8. The van der Waals surface area contributed by atoms with Gasteiger partial charge in [0.25, 0.3) is 0 Å². The molecular weight excluding hydrogens is 332 g/mol. The number of carbonyl (C=O) groups is 1. The van der Waals surface area contributed by atoms with Crippen LogP contribution < -0.4 is 9.47 Å². The van der Waals surface area contributed by atoms with Crippen molar-refractivity contribution in [2.45, 2.75) is 19.8 Å². The topological polar surface area (TPSA) is 73.4 Å². The van der Waals surface area contributed by atoms with Crippen LogP contribution >= 0.6 is 0 Å². The standard InChI is InChI=1S/C20H22N2O4/c1-3-25-19(23)5-4-12-26-15-8-6-14(7-9-15)20-21-17-11-10-16(24-2)13-18(17)22-20/h6-11,13H,3-5,12H2,1-2H3,(H,21,22). The Morgan fingerprint density at radius 2 is 1.88 bits per heavy atom. The monoisotopic (exact) mass is 354 g/mol. The van der Waals surface area contributed by atoms with Gasteiger partial charge in [-0.3, -0.25) is 4.79 Å². The molecule has 0 fully saturated rings. The van der Waals surface area contributed by atoms with Crippen LogP contribution in [0.3, 0.4) is 0 Å². The second-order valence-electron chi connectivity index (χ2n) is 5.75. The van der Waals surface area contributed by atoms with Crippen LogP contribution in [-0.2, 0) is 9.53 Å². The van der Waals surface area contributed by atoms with Crippen LogP contribution in [0.4, 0.5) is 0 Å². The molecule has 0 aliphatic heterocycles. The van der Waals surface area contributed by atoms with Gasteiger partial charge >= 0.3 is 5.97 Å². The molecule has 1 aromatic heterocycles. The van der Waals surface area contributed by atoms with E-state index in [1.807, 2.05) is 42.5 Å². The molecule has 0 atom stereocenters. The number of aromatic nitrogens is 2. The van der Waals surface area contributed by atoms with Gasteiger partial charge in [-0.25, -0.2) is 4.98 Å². The maximum absolute atomic E-state index is 11.3. The number of esters is 1. The minimum atomic E-state index is -0.187. The molecule has 3 aromatic rings. The van der Waals surface area contributed by atoms with E-state index in [4.69, 9.17) is 14.2 Å². The minimum absolute atomic E-state index is 0.187. The molecule has 0 spiro atoms. The van der Waals surface area contributed by atoms with Crippen molar-refractivity contribution in [2.75, 3.05) is 20.3 Å². The fourth-order valence-corrected chi connectivity index (χ4v) is 2.60. The summed E-state index contributed by atoms with van der Waals surface area (Å²) in [6.07, 6.45) is 1.00. The molecule has 3 rings (SSSR count). The summed E-state index contributed by atoms with van der Waals surface area (Å²) in [5, 5.41) is 0. The average Bonchev–Trinajstić information content (AvgIpc) is 3.09. The van der Waals surface area contributed by atoms with E-state index in [0.717, 1.165) is 33.9 Å². The third-order valence-corrected chi connectivity index (χ3v) is 3.92. The second kappa shape index (κ2) is 8.38. The zero-order chi connectivity index (χ0) is 18.4. The highest BCUT2D eigenvalue weighted by Crippen LogP contribution is 2.25. The average molecular weight is 354 g/mol. The van der Waals surface area contributed by atoms with Crippen molar-refractivity contribution in [1.82, 2.24) is 9.97 Å². The first-order chi connectivity index (χ1) is 12.7. The Balaban J connectivity index is 1.60. The Labute approximate surface area is 152 Å². The van der Waals surface area contributed by atoms with Crippen LogP contribution in [0.1, 0.15) is 19.8 Å². The van der Waals surface area contributed by atoms with Gasteiger partial charge in [-0.05, 0) is 49.7 Å². The number of H-pyrrole nitrogens is 1. The molecule has 136 valence electrons. The third kappa shape index (κ3) is 4.33. The van der Waals surface area contributed by atoms with Crippen molar-refractivity contribution < 1.29 is 19.0 Å². The number of carbonyl (C=O) groups excluding carboxylic acids is 1. The molecule has 0 saturated carbocycles. The van der Waals surface area contributed by atoms with Crippen LogP contribution in [0.2, 0.25) is 0 Å². The number of ether oxygens (including phenoxy) is 3. The SMILES string of the molecule is CCOC(=O)CCCOc1ccc(-c2nc3ccc(OC)cc3[nH]2)cc1. The van der Waals surface area contributed by atoms with Crippen LogP contribution in [-0.4, -0.2) is 36.3 Å². The summed E-state index contributed by atoms with van der Waals surface area (Å²) < 4.78 is 15.8. The molecule has 1 N–H and O–H groups in total. The lowest BCUT2D eigenvalue weighted by Gasteiger charge is -2.06. The number of benzene rings is 2. The largest absolute Gasteiger partial charge is 0.497 e. The summed E-state index contributed by atoms with van der Waals surface area (Å²) >= 11 is 0. The van der Waals surface area contributed by atoms with Crippen molar-refractivity contribution in [1.29, 1.82) is 0 Å². The van der Waals surface area contributed by atoms with E-state index in [1.165, 1.54) is 0 Å². The van der Waals surface area contributed by atoms with E-state index in [-0.39, 0.29) is 5.97 Å². The quantitative estimate of drug-likeness (QED) is 0.490. The smallest absolute Gasteiger partial charge is 0.305 e. The van der Waals surface area contributed by atoms with Crippen molar-refractivity contribution >= 4 is 17.0 Å². The lowest BCUT2D eigenvalue weighted by molar-refractivity contribution is -0.143. The zero-order valence-electron chi connectivity index (χ0n) is 15.0. The highest BCUT2D eigenvalue weighted by molar-refractivity contribution is 5.80. The van der Waals surface area contributed by atoms with Gasteiger partial charge in [-0.1, -0.05) is 0 Å². The van der Waals surface area contributed by atoms with Crippen LogP contribution in [0, 0.1) is 0 Å². The normalized spacial score (nSPS) is 10.7. The molecule has 6 heteroatoms. The van der Waals surface area contributed by atoms with Gasteiger partial charge in [0, 0.05) is 18.1 Å². The number of imidazole rings is 1. The van der Waals surface area contributed by atoms with Crippen molar-refractivity contribution in [2.24, 2.45) is 0 Å². The summed E-state index contributed by atoms with van der Waals surface area (Å²) in [4.78, 5) is 19.2. The van der Waals surface area contributed by atoms with E-state index >= 15 is 0 Å². The number of hydrogen-bond donors (Lipinski definition) is 1. The number of methoxy groups -OCH3 is 1. The van der Waals surface area contributed by atoms with Crippen molar-refractivity contribution in [3.05, 3.63) is 42.5 Å². The Morgan fingerprint density at radius 1 is 1.12 bits per heavy atom. The number of nitrogens with one attached hydrogen (secondary N) is 1.